The average molecular weight is 290 g/mol. The van der Waals surface area contributed by atoms with Crippen LogP contribution < -0.4 is 0 Å². The highest BCUT2D eigenvalue weighted by Crippen LogP contribution is 2.32. The summed E-state index contributed by atoms with van der Waals surface area (Å²) in [6, 6.07) is 19.2. The summed E-state index contributed by atoms with van der Waals surface area (Å²) < 4.78 is 0. The van der Waals surface area contributed by atoms with E-state index in [0.29, 0.717) is 5.75 Å². The number of aromatic hydroxyl groups is 2. The zero-order valence-electron chi connectivity index (χ0n) is 12.7. The molecule has 110 valence electrons. The third-order valence-electron chi connectivity index (χ3n) is 4.16. The lowest BCUT2D eigenvalue weighted by molar-refractivity contribution is 0.470. The van der Waals surface area contributed by atoms with Crippen molar-refractivity contribution >= 4 is 0 Å². The molecule has 2 nitrogen and oxygen atoms in total. The summed E-state index contributed by atoms with van der Waals surface area (Å²) in [4.78, 5) is 0. The molecule has 22 heavy (non-hydrogen) atoms. The molecule has 0 atom stereocenters. The topological polar surface area (TPSA) is 40.5 Å². The van der Waals surface area contributed by atoms with Crippen molar-refractivity contribution in [1.29, 1.82) is 0 Å². The first-order chi connectivity index (χ1) is 10.6. The molecule has 0 aromatic heterocycles. The maximum atomic E-state index is 9.77. The van der Waals surface area contributed by atoms with Gasteiger partial charge in [-0.1, -0.05) is 42.5 Å². The van der Waals surface area contributed by atoms with Gasteiger partial charge in [-0.2, -0.15) is 0 Å². The van der Waals surface area contributed by atoms with Gasteiger partial charge in [0.25, 0.3) is 0 Å². The van der Waals surface area contributed by atoms with Crippen LogP contribution in [0, 0.1) is 13.8 Å². The molecule has 0 spiro atoms. The van der Waals surface area contributed by atoms with Gasteiger partial charge in [0, 0.05) is 0 Å². The Morgan fingerprint density at radius 3 is 1.64 bits per heavy atom. The molecule has 0 saturated heterocycles. The van der Waals surface area contributed by atoms with E-state index in [4.69, 9.17) is 0 Å². The lowest BCUT2D eigenvalue weighted by Gasteiger charge is -2.11. The monoisotopic (exact) mass is 290 g/mol. The molecule has 3 rings (SSSR count). The Balaban J connectivity index is 1.98. The van der Waals surface area contributed by atoms with Crippen LogP contribution in [0.3, 0.4) is 0 Å². The first kappa shape index (κ1) is 14.2. The summed E-state index contributed by atoms with van der Waals surface area (Å²) in [5.41, 5.74) is 6.45. The highest BCUT2D eigenvalue weighted by molar-refractivity contribution is 5.73. The molecular weight excluding hydrogens is 272 g/mol. The van der Waals surface area contributed by atoms with Crippen molar-refractivity contribution in [2.45, 2.75) is 13.8 Å². The van der Waals surface area contributed by atoms with E-state index in [2.05, 4.69) is 24.3 Å². The van der Waals surface area contributed by atoms with Crippen LogP contribution >= 0.6 is 0 Å². The molecule has 0 fully saturated rings. The number of hydrogen-bond acceptors (Lipinski definition) is 2. The van der Waals surface area contributed by atoms with Crippen LogP contribution in [0.1, 0.15) is 11.1 Å². The Morgan fingerprint density at radius 1 is 0.545 bits per heavy atom. The van der Waals surface area contributed by atoms with Gasteiger partial charge >= 0.3 is 0 Å². The van der Waals surface area contributed by atoms with Crippen molar-refractivity contribution in [3.8, 4) is 33.8 Å². The highest BCUT2D eigenvalue weighted by atomic mass is 16.3. The predicted octanol–water partition coefficient (Wildman–Crippen LogP) is 5.05. The van der Waals surface area contributed by atoms with Crippen molar-refractivity contribution < 1.29 is 10.2 Å². The number of phenols is 2. The Morgan fingerprint density at radius 2 is 1.05 bits per heavy atom. The standard InChI is InChI=1S/C20H18O2/c1-13-14(2)20(22)12-11-19(13)17-5-3-15(4-6-17)16-7-9-18(21)10-8-16/h3-12,21-22H,1-2H3. The molecule has 0 unspecified atom stereocenters. The number of rotatable bonds is 2. The van der Waals surface area contributed by atoms with E-state index in [0.717, 1.165) is 33.4 Å². The van der Waals surface area contributed by atoms with Gasteiger partial charge in [-0.15, -0.1) is 0 Å². The van der Waals surface area contributed by atoms with Gasteiger partial charge in [-0.25, -0.2) is 0 Å². The smallest absolute Gasteiger partial charge is 0.118 e. The fraction of sp³-hybridized carbons (Fsp3) is 0.100. The van der Waals surface area contributed by atoms with Gasteiger partial charge in [0.05, 0.1) is 0 Å². The van der Waals surface area contributed by atoms with Crippen LogP contribution in [-0.2, 0) is 0 Å². The lowest BCUT2D eigenvalue weighted by atomic mass is 9.95. The van der Waals surface area contributed by atoms with E-state index < -0.39 is 0 Å². The predicted molar refractivity (Wildman–Crippen MR) is 90.1 cm³/mol. The summed E-state index contributed by atoms with van der Waals surface area (Å²) in [6.07, 6.45) is 0. The van der Waals surface area contributed by atoms with E-state index >= 15 is 0 Å². The quantitative estimate of drug-likeness (QED) is 0.693. The van der Waals surface area contributed by atoms with Gasteiger partial charge in [0.2, 0.25) is 0 Å². The van der Waals surface area contributed by atoms with E-state index in [-0.39, 0.29) is 5.75 Å². The molecular formula is C20H18O2. The number of phenolic OH excluding ortho intramolecular Hbond substituents is 2. The van der Waals surface area contributed by atoms with Crippen LogP contribution in [0.4, 0.5) is 0 Å². The van der Waals surface area contributed by atoms with Crippen molar-refractivity contribution in [1.82, 2.24) is 0 Å². The normalized spacial score (nSPS) is 10.6. The first-order valence-electron chi connectivity index (χ1n) is 7.25. The van der Waals surface area contributed by atoms with Gasteiger partial charge in [-0.05, 0) is 65.4 Å². The van der Waals surface area contributed by atoms with Crippen LogP contribution in [0.15, 0.2) is 60.7 Å². The lowest BCUT2D eigenvalue weighted by Crippen LogP contribution is -1.88. The maximum Gasteiger partial charge on any atom is 0.118 e. The van der Waals surface area contributed by atoms with E-state index in [9.17, 15) is 10.2 Å². The van der Waals surface area contributed by atoms with E-state index in [1.165, 1.54) is 0 Å². The van der Waals surface area contributed by atoms with Crippen LogP contribution in [-0.4, -0.2) is 10.2 Å². The first-order valence-corrected chi connectivity index (χ1v) is 7.25. The molecule has 0 bridgehead atoms. The molecule has 0 heterocycles. The second-order valence-electron chi connectivity index (χ2n) is 5.51. The van der Waals surface area contributed by atoms with Crippen molar-refractivity contribution in [3.63, 3.8) is 0 Å². The van der Waals surface area contributed by atoms with Gasteiger partial charge in [0.15, 0.2) is 0 Å². The zero-order valence-corrected chi connectivity index (χ0v) is 12.7. The Kier molecular flexibility index (Phi) is 3.60. The summed E-state index contributed by atoms with van der Waals surface area (Å²) in [6.45, 7) is 3.96. The van der Waals surface area contributed by atoms with Crippen molar-refractivity contribution in [3.05, 3.63) is 71.8 Å². The molecule has 2 heteroatoms. The molecule has 3 aromatic carbocycles. The fourth-order valence-electron chi connectivity index (χ4n) is 2.62. The van der Waals surface area contributed by atoms with Crippen LogP contribution in [0.25, 0.3) is 22.3 Å². The summed E-state index contributed by atoms with van der Waals surface area (Å²) >= 11 is 0. The Bertz CT molecular complexity index is 800. The van der Waals surface area contributed by atoms with Gasteiger partial charge in [0.1, 0.15) is 11.5 Å². The third kappa shape index (κ3) is 2.56. The van der Waals surface area contributed by atoms with E-state index in [1.807, 2.05) is 32.0 Å². The zero-order chi connectivity index (χ0) is 15.7. The van der Waals surface area contributed by atoms with E-state index in [1.54, 1.807) is 18.2 Å². The molecule has 0 amide bonds. The largest absolute Gasteiger partial charge is 0.508 e. The number of benzene rings is 3. The van der Waals surface area contributed by atoms with Crippen LogP contribution in [0.2, 0.25) is 0 Å². The molecule has 2 N–H and O–H groups in total. The minimum absolute atomic E-state index is 0.274. The molecule has 0 aliphatic carbocycles. The van der Waals surface area contributed by atoms with Gasteiger partial charge in [-0.3, -0.25) is 0 Å². The maximum absolute atomic E-state index is 9.77. The van der Waals surface area contributed by atoms with Gasteiger partial charge < -0.3 is 10.2 Å². The van der Waals surface area contributed by atoms with Crippen molar-refractivity contribution in [2.75, 3.05) is 0 Å². The third-order valence-corrected chi connectivity index (χ3v) is 4.16. The summed E-state index contributed by atoms with van der Waals surface area (Å²) in [5.74, 6) is 0.609. The average Bonchev–Trinajstić information content (AvgIpc) is 2.54. The summed E-state index contributed by atoms with van der Waals surface area (Å²) in [5, 5.41) is 19.1. The second kappa shape index (κ2) is 5.57. The minimum Gasteiger partial charge on any atom is -0.508 e. The Hall–Kier alpha value is -2.74. The molecule has 0 aliphatic rings. The van der Waals surface area contributed by atoms with Crippen LogP contribution in [0.5, 0.6) is 11.5 Å². The summed E-state index contributed by atoms with van der Waals surface area (Å²) in [7, 11) is 0. The number of hydrogen-bond donors (Lipinski definition) is 2. The fourth-order valence-corrected chi connectivity index (χ4v) is 2.62. The highest BCUT2D eigenvalue weighted by Gasteiger charge is 2.07. The van der Waals surface area contributed by atoms with Crippen molar-refractivity contribution in [2.24, 2.45) is 0 Å². The SMILES string of the molecule is Cc1c(O)ccc(-c2ccc(-c3ccc(O)cc3)cc2)c1C. The molecule has 3 aromatic rings. The molecule has 0 radical (unpaired) electrons. The molecule has 0 aliphatic heterocycles. The second-order valence-corrected chi connectivity index (χ2v) is 5.51. The minimum atomic E-state index is 0.274. The molecule has 0 saturated carbocycles. The Labute approximate surface area is 130 Å².